The first-order chi connectivity index (χ1) is 10.6. The standard InChI is InChI=1S/C15H21N3O3S/c1-17-8-10(7-16-17)14-12(3-4-13(19)18(14)2)15(20)21-11-5-6-22-9-11/h7-8,11-12,14H,3-6,9H2,1-2H3. The van der Waals surface area contributed by atoms with Gasteiger partial charge in [-0.25, -0.2) is 0 Å². The van der Waals surface area contributed by atoms with Gasteiger partial charge in [-0.2, -0.15) is 16.9 Å². The van der Waals surface area contributed by atoms with Gasteiger partial charge in [-0.05, 0) is 18.6 Å². The Morgan fingerprint density at radius 3 is 2.86 bits per heavy atom. The van der Waals surface area contributed by atoms with Crippen molar-refractivity contribution >= 4 is 23.6 Å². The van der Waals surface area contributed by atoms with Gasteiger partial charge < -0.3 is 9.64 Å². The number of hydrogen-bond donors (Lipinski definition) is 0. The number of rotatable bonds is 3. The van der Waals surface area contributed by atoms with Crippen LogP contribution in [-0.2, 0) is 21.4 Å². The average molecular weight is 323 g/mol. The normalized spacial score (nSPS) is 28.9. The molecule has 0 aromatic carbocycles. The SMILES string of the molecule is CN1C(=O)CCC(C(=O)OC2CCSC2)C1c1cnn(C)c1. The van der Waals surface area contributed by atoms with Crippen molar-refractivity contribution in [3.63, 3.8) is 0 Å². The highest BCUT2D eigenvalue weighted by Gasteiger charge is 2.41. The molecule has 3 heterocycles. The molecule has 2 saturated heterocycles. The molecule has 1 amide bonds. The van der Waals surface area contributed by atoms with Gasteiger partial charge in [0.05, 0.1) is 18.2 Å². The number of ether oxygens (including phenoxy) is 1. The van der Waals surface area contributed by atoms with Gasteiger partial charge in [0.2, 0.25) is 5.91 Å². The van der Waals surface area contributed by atoms with Gasteiger partial charge in [-0.1, -0.05) is 0 Å². The predicted molar refractivity (Wildman–Crippen MR) is 83.3 cm³/mol. The smallest absolute Gasteiger partial charge is 0.311 e. The second-order valence-corrected chi connectivity index (χ2v) is 7.11. The number of carbonyl (C=O) groups is 2. The minimum atomic E-state index is -0.308. The molecule has 3 atom stereocenters. The van der Waals surface area contributed by atoms with Crippen LogP contribution in [0.4, 0.5) is 0 Å². The van der Waals surface area contributed by atoms with Crippen molar-refractivity contribution in [1.29, 1.82) is 0 Å². The van der Waals surface area contributed by atoms with Crippen LogP contribution in [0.2, 0.25) is 0 Å². The molecule has 0 radical (unpaired) electrons. The van der Waals surface area contributed by atoms with E-state index in [2.05, 4.69) is 5.10 Å². The van der Waals surface area contributed by atoms with E-state index in [4.69, 9.17) is 4.74 Å². The Kier molecular flexibility index (Phi) is 4.42. The summed E-state index contributed by atoms with van der Waals surface area (Å²) in [7, 11) is 3.59. The highest BCUT2D eigenvalue weighted by molar-refractivity contribution is 7.99. The number of nitrogens with zero attached hydrogens (tertiary/aromatic N) is 3. The molecule has 120 valence electrons. The van der Waals surface area contributed by atoms with E-state index in [0.717, 1.165) is 23.5 Å². The number of aryl methyl sites for hydroxylation is 1. The molecule has 0 spiro atoms. The van der Waals surface area contributed by atoms with Gasteiger partial charge in [0, 0.05) is 38.0 Å². The van der Waals surface area contributed by atoms with Crippen molar-refractivity contribution in [3.8, 4) is 0 Å². The quantitative estimate of drug-likeness (QED) is 0.786. The van der Waals surface area contributed by atoms with Gasteiger partial charge in [0.25, 0.3) is 0 Å². The summed E-state index contributed by atoms with van der Waals surface area (Å²) in [6.45, 7) is 0. The molecule has 0 N–H and O–H groups in total. The van der Waals surface area contributed by atoms with Gasteiger partial charge in [0.1, 0.15) is 6.10 Å². The van der Waals surface area contributed by atoms with Crippen molar-refractivity contribution in [1.82, 2.24) is 14.7 Å². The van der Waals surface area contributed by atoms with E-state index in [-0.39, 0.29) is 29.9 Å². The Balaban J connectivity index is 1.80. The van der Waals surface area contributed by atoms with E-state index in [1.807, 2.05) is 25.0 Å². The Hall–Kier alpha value is -1.50. The lowest BCUT2D eigenvalue weighted by atomic mass is 9.86. The van der Waals surface area contributed by atoms with E-state index in [9.17, 15) is 9.59 Å². The first-order valence-electron chi connectivity index (χ1n) is 7.58. The van der Waals surface area contributed by atoms with E-state index >= 15 is 0 Å². The van der Waals surface area contributed by atoms with E-state index in [1.165, 1.54) is 0 Å². The predicted octanol–water partition coefficient (Wildman–Crippen LogP) is 1.38. The number of esters is 1. The maximum atomic E-state index is 12.6. The summed E-state index contributed by atoms with van der Waals surface area (Å²) in [5.41, 5.74) is 0.890. The summed E-state index contributed by atoms with van der Waals surface area (Å²) >= 11 is 1.82. The monoisotopic (exact) mass is 323 g/mol. The largest absolute Gasteiger partial charge is 0.461 e. The number of likely N-dealkylation sites (tertiary alicyclic amines) is 1. The molecule has 2 aliphatic heterocycles. The van der Waals surface area contributed by atoms with E-state index in [0.29, 0.717) is 12.8 Å². The fourth-order valence-corrected chi connectivity index (χ4v) is 4.29. The molecule has 2 aliphatic rings. The number of thioether (sulfide) groups is 1. The third-order valence-corrected chi connectivity index (χ3v) is 5.53. The first kappa shape index (κ1) is 15.4. The lowest BCUT2D eigenvalue weighted by molar-refractivity contribution is -0.159. The molecule has 3 rings (SSSR count). The molecule has 1 aromatic rings. The number of piperidine rings is 1. The van der Waals surface area contributed by atoms with Crippen LogP contribution in [-0.4, -0.2) is 51.2 Å². The van der Waals surface area contributed by atoms with Crippen LogP contribution in [0, 0.1) is 5.92 Å². The number of carbonyl (C=O) groups excluding carboxylic acids is 2. The molecular formula is C15H21N3O3S. The summed E-state index contributed by atoms with van der Waals surface area (Å²) in [5.74, 6) is 1.50. The molecular weight excluding hydrogens is 302 g/mol. The summed E-state index contributed by atoms with van der Waals surface area (Å²) in [6, 6.07) is -0.281. The summed E-state index contributed by atoms with van der Waals surface area (Å²) in [6.07, 6.45) is 5.48. The zero-order chi connectivity index (χ0) is 15.7. The second kappa shape index (κ2) is 6.32. The Labute approximate surface area is 134 Å². The van der Waals surface area contributed by atoms with Crippen LogP contribution >= 0.6 is 11.8 Å². The van der Waals surface area contributed by atoms with E-state index in [1.54, 1.807) is 22.8 Å². The number of amides is 1. The summed E-state index contributed by atoms with van der Waals surface area (Å²) in [5, 5.41) is 4.17. The van der Waals surface area contributed by atoms with Crippen molar-refractivity contribution in [3.05, 3.63) is 18.0 Å². The topological polar surface area (TPSA) is 64.4 Å². The third kappa shape index (κ3) is 2.99. The average Bonchev–Trinajstić information content (AvgIpc) is 3.13. The zero-order valence-corrected chi connectivity index (χ0v) is 13.7. The van der Waals surface area contributed by atoms with Crippen molar-refractivity contribution in [2.45, 2.75) is 31.4 Å². The van der Waals surface area contributed by atoms with Crippen LogP contribution in [0.3, 0.4) is 0 Å². The fraction of sp³-hybridized carbons (Fsp3) is 0.667. The lowest BCUT2D eigenvalue weighted by Gasteiger charge is -2.37. The molecule has 22 heavy (non-hydrogen) atoms. The first-order valence-corrected chi connectivity index (χ1v) is 8.74. The highest BCUT2D eigenvalue weighted by Crippen LogP contribution is 2.37. The number of aromatic nitrogens is 2. The van der Waals surface area contributed by atoms with Gasteiger partial charge in [-0.15, -0.1) is 0 Å². The van der Waals surface area contributed by atoms with Crippen LogP contribution in [0.1, 0.15) is 30.9 Å². The molecule has 7 heteroatoms. The minimum absolute atomic E-state index is 0.0231. The summed E-state index contributed by atoms with van der Waals surface area (Å²) < 4.78 is 7.36. The fourth-order valence-electron chi connectivity index (χ4n) is 3.19. The van der Waals surface area contributed by atoms with E-state index < -0.39 is 0 Å². The number of hydrogen-bond acceptors (Lipinski definition) is 5. The third-order valence-electron chi connectivity index (χ3n) is 4.40. The van der Waals surface area contributed by atoms with Crippen molar-refractivity contribution in [2.75, 3.05) is 18.6 Å². The maximum Gasteiger partial charge on any atom is 0.311 e. The lowest BCUT2D eigenvalue weighted by Crippen LogP contribution is -2.44. The molecule has 0 saturated carbocycles. The Bertz CT molecular complexity index is 568. The van der Waals surface area contributed by atoms with Crippen LogP contribution in [0.5, 0.6) is 0 Å². The molecule has 0 aliphatic carbocycles. The van der Waals surface area contributed by atoms with Gasteiger partial charge >= 0.3 is 5.97 Å². The second-order valence-electron chi connectivity index (χ2n) is 5.96. The van der Waals surface area contributed by atoms with Gasteiger partial charge in [0.15, 0.2) is 0 Å². The maximum absolute atomic E-state index is 12.6. The Morgan fingerprint density at radius 2 is 2.23 bits per heavy atom. The molecule has 0 bridgehead atoms. The minimum Gasteiger partial charge on any atom is -0.461 e. The molecule has 6 nitrogen and oxygen atoms in total. The molecule has 1 aromatic heterocycles. The van der Waals surface area contributed by atoms with Gasteiger partial charge in [-0.3, -0.25) is 14.3 Å². The summed E-state index contributed by atoms with van der Waals surface area (Å²) in [4.78, 5) is 26.3. The molecule has 2 fully saturated rings. The van der Waals surface area contributed by atoms with Crippen LogP contribution < -0.4 is 0 Å². The Morgan fingerprint density at radius 1 is 1.41 bits per heavy atom. The molecule has 3 unspecified atom stereocenters. The van der Waals surface area contributed by atoms with Crippen molar-refractivity contribution in [2.24, 2.45) is 13.0 Å². The van der Waals surface area contributed by atoms with Crippen molar-refractivity contribution < 1.29 is 14.3 Å². The zero-order valence-electron chi connectivity index (χ0n) is 12.9. The van der Waals surface area contributed by atoms with Crippen LogP contribution in [0.25, 0.3) is 0 Å². The highest BCUT2D eigenvalue weighted by atomic mass is 32.2. The van der Waals surface area contributed by atoms with Crippen LogP contribution in [0.15, 0.2) is 12.4 Å².